The van der Waals surface area contributed by atoms with E-state index in [-0.39, 0.29) is 6.03 Å². The molecule has 2 fully saturated rings. The van der Waals surface area contributed by atoms with Gasteiger partial charge < -0.3 is 15.1 Å². The van der Waals surface area contributed by atoms with Crippen molar-refractivity contribution in [2.45, 2.75) is 13.0 Å². The summed E-state index contributed by atoms with van der Waals surface area (Å²) in [7, 11) is 2.17. The van der Waals surface area contributed by atoms with Gasteiger partial charge in [-0.1, -0.05) is 12.1 Å². The Morgan fingerprint density at radius 1 is 1.19 bits per heavy atom. The van der Waals surface area contributed by atoms with E-state index in [0.29, 0.717) is 6.04 Å². The van der Waals surface area contributed by atoms with Crippen molar-refractivity contribution in [2.24, 2.45) is 0 Å². The molecule has 2 aliphatic rings. The molecule has 0 spiro atoms. The van der Waals surface area contributed by atoms with Gasteiger partial charge in [-0.15, -0.1) is 0 Å². The average Bonchev–Trinajstić information content (AvgIpc) is 2.39. The van der Waals surface area contributed by atoms with Gasteiger partial charge in [0, 0.05) is 51.0 Å². The van der Waals surface area contributed by atoms with Crippen LogP contribution in [0, 0.1) is 6.92 Å². The molecule has 1 N–H and O–H groups in total. The van der Waals surface area contributed by atoms with Crippen LogP contribution in [0.5, 0.6) is 0 Å². The van der Waals surface area contributed by atoms with Crippen molar-refractivity contribution in [2.75, 3.05) is 51.6 Å². The summed E-state index contributed by atoms with van der Waals surface area (Å²) in [6.07, 6.45) is 0. The summed E-state index contributed by atoms with van der Waals surface area (Å²) in [5.41, 5.74) is 2.04. The summed E-state index contributed by atoms with van der Waals surface area (Å²) in [6.45, 7) is 8.23. The molecule has 0 saturated carbocycles. The van der Waals surface area contributed by atoms with E-state index in [1.54, 1.807) is 0 Å². The lowest BCUT2D eigenvalue weighted by atomic mass is 10.1. The van der Waals surface area contributed by atoms with Gasteiger partial charge in [0.1, 0.15) is 0 Å². The number of carbonyl (C=O) groups excluding carboxylic acids is 1. The van der Waals surface area contributed by atoms with Crippen molar-refractivity contribution in [3.05, 3.63) is 29.8 Å². The highest BCUT2D eigenvalue weighted by atomic mass is 16.2. The molecule has 1 aromatic rings. The van der Waals surface area contributed by atoms with Gasteiger partial charge in [0.15, 0.2) is 0 Å². The maximum Gasteiger partial charge on any atom is 0.321 e. The molecular weight excluding hydrogens is 264 g/mol. The van der Waals surface area contributed by atoms with E-state index < -0.39 is 0 Å². The smallest absolute Gasteiger partial charge is 0.321 e. The average molecular weight is 288 g/mol. The number of nitrogens with one attached hydrogen (secondary N) is 1. The predicted molar refractivity (Wildman–Crippen MR) is 84.6 cm³/mol. The van der Waals surface area contributed by atoms with Crippen molar-refractivity contribution < 1.29 is 4.79 Å². The molecule has 0 bridgehead atoms. The van der Waals surface area contributed by atoms with Crippen molar-refractivity contribution >= 4 is 11.7 Å². The second-order valence-corrected chi connectivity index (χ2v) is 6.20. The van der Waals surface area contributed by atoms with Crippen molar-refractivity contribution in [1.82, 2.24) is 14.7 Å². The minimum Gasteiger partial charge on any atom is -0.321 e. The van der Waals surface area contributed by atoms with Crippen LogP contribution in [0.25, 0.3) is 0 Å². The fraction of sp³-hybridized carbons (Fsp3) is 0.562. The molecule has 5 heteroatoms. The van der Waals surface area contributed by atoms with Crippen LogP contribution in [0.3, 0.4) is 0 Å². The monoisotopic (exact) mass is 288 g/mol. The first-order valence-electron chi connectivity index (χ1n) is 7.67. The Balaban J connectivity index is 1.46. The highest BCUT2D eigenvalue weighted by molar-refractivity contribution is 5.90. The minimum absolute atomic E-state index is 0.0194. The zero-order valence-electron chi connectivity index (χ0n) is 12.9. The molecule has 114 valence electrons. The minimum atomic E-state index is 0.0194. The van der Waals surface area contributed by atoms with E-state index in [0.717, 1.165) is 50.5 Å². The van der Waals surface area contributed by atoms with Gasteiger partial charge in [-0.3, -0.25) is 4.90 Å². The largest absolute Gasteiger partial charge is 0.321 e. The Bertz CT molecular complexity index is 505. The summed E-state index contributed by atoms with van der Waals surface area (Å²) < 4.78 is 0. The van der Waals surface area contributed by atoms with Crippen molar-refractivity contribution in [3.8, 4) is 0 Å². The summed E-state index contributed by atoms with van der Waals surface area (Å²) in [4.78, 5) is 18.9. The maximum absolute atomic E-state index is 12.2. The lowest BCUT2D eigenvalue weighted by Gasteiger charge is -2.47. The molecule has 0 unspecified atom stereocenters. The number of benzene rings is 1. The third-order valence-corrected chi connectivity index (χ3v) is 4.47. The third kappa shape index (κ3) is 3.36. The Labute approximate surface area is 126 Å². The zero-order valence-corrected chi connectivity index (χ0v) is 12.9. The Kier molecular flexibility index (Phi) is 4.12. The Morgan fingerprint density at radius 2 is 1.90 bits per heavy atom. The van der Waals surface area contributed by atoms with Crippen LogP contribution in [-0.4, -0.2) is 73.1 Å². The highest BCUT2D eigenvalue weighted by Gasteiger charge is 2.35. The standard InChI is InChI=1S/C16H24N4O/c1-13-4-3-5-14(10-13)17-16(21)20-11-15(12-20)19-8-6-18(2)7-9-19/h3-5,10,15H,6-9,11-12H2,1-2H3,(H,17,21). The number of likely N-dealkylation sites (N-methyl/N-ethyl adjacent to an activating group) is 1. The Hall–Kier alpha value is -1.59. The number of carbonyl (C=O) groups is 1. The van der Waals surface area contributed by atoms with Crippen LogP contribution >= 0.6 is 0 Å². The molecule has 3 rings (SSSR count). The normalized spacial score (nSPS) is 21.1. The van der Waals surface area contributed by atoms with E-state index in [4.69, 9.17) is 0 Å². The molecule has 0 atom stereocenters. The first kappa shape index (κ1) is 14.4. The van der Waals surface area contributed by atoms with Crippen LogP contribution in [-0.2, 0) is 0 Å². The molecule has 2 heterocycles. The first-order chi connectivity index (χ1) is 10.1. The lowest BCUT2D eigenvalue weighted by Crippen LogP contribution is -2.64. The van der Waals surface area contributed by atoms with Crippen LogP contribution < -0.4 is 5.32 Å². The van der Waals surface area contributed by atoms with E-state index in [9.17, 15) is 4.79 Å². The van der Waals surface area contributed by atoms with Gasteiger partial charge in [-0.25, -0.2) is 4.79 Å². The Morgan fingerprint density at radius 3 is 2.57 bits per heavy atom. The highest BCUT2D eigenvalue weighted by Crippen LogP contribution is 2.18. The number of hydrogen-bond donors (Lipinski definition) is 1. The molecule has 2 saturated heterocycles. The van der Waals surface area contributed by atoms with Crippen LogP contribution in [0.4, 0.5) is 10.5 Å². The predicted octanol–water partition coefficient (Wildman–Crippen LogP) is 1.46. The van der Waals surface area contributed by atoms with Crippen LogP contribution in [0.2, 0.25) is 0 Å². The van der Waals surface area contributed by atoms with Gasteiger partial charge in [0.25, 0.3) is 0 Å². The zero-order chi connectivity index (χ0) is 14.8. The third-order valence-electron chi connectivity index (χ3n) is 4.47. The number of piperazine rings is 1. The summed E-state index contributed by atoms with van der Waals surface area (Å²) in [5, 5.41) is 2.98. The lowest BCUT2D eigenvalue weighted by molar-refractivity contribution is 0.0318. The van der Waals surface area contributed by atoms with Gasteiger partial charge in [0.05, 0.1) is 0 Å². The van der Waals surface area contributed by atoms with Crippen LogP contribution in [0.15, 0.2) is 24.3 Å². The van der Waals surface area contributed by atoms with Crippen molar-refractivity contribution in [1.29, 1.82) is 0 Å². The van der Waals surface area contributed by atoms with Gasteiger partial charge in [-0.05, 0) is 31.7 Å². The van der Waals surface area contributed by atoms with Gasteiger partial charge in [-0.2, -0.15) is 0 Å². The summed E-state index contributed by atoms with van der Waals surface area (Å²) in [6, 6.07) is 8.49. The summed E-state index contributed by atoms with van der Waals surface area (Å²) in [5.74, 6) is 0. The number of likely N-dealkylation sites (tertiary alicyclic amines) is 1. The topological polar surface area (TPSA) is 38.8 Å². The number of anilines is 1. The quantitative estimate of drug-likeness (QED) is 0.895. The molecule has 0 aliphatic carbocycles. The number of nitrogens with zero attached hydrogens (tertiary/aromatic N) is 3. The van der Waals surface area contributed by atoms with E-state index in [1.165, 1.54) is 0 Å². The first-order valence-corrected chi connectivity index (χ1v) is 7.67. The fourth-order valence-electron chi connectivity index (χ4n) is 2.96. The second kappa shape index (κ2) is 6.03. The van der Waals surface area contributed by atoms with E-state index in [2.05, 4.69) is 22.2 Å². The van der Waals surface area contributed by atoms with E-state index >= 15 is 0 Å². The molecule has 21 heavy (non-hydrogen) atoms. The number of rotatable bonds is 2. The number of amides is 2. The fourth-order valence-corrected chi connectivity index (χ4v) is 2.96. The molecule has 2 amide bonds. The second-order valence-electron chi connectivity index (χ2n) is 6.20. The molecule has 5 nitrogen and oxygen atoms in total. The molecule has 0 aromatic heterocycles. The number of aryl methyl sites for hydroxylation is 1. The SMILES string of the molecule is Cc1cccc(NC(=O)N2CC(N3CCN(C)CC3)C2)c1. The van der Waals surface area contributed by atoms with Crippen LogP contribution in [0.1, 0.15) is 5.56 Å². The van der Waals surface area contributed by atoms with Gasteiger partial charge in [0.2, 0.25) is 0 Å². The molecule has 0 radical (unpaired) electrons. The summed E-state index contributed by atoms with van der Waals surface area (Å²) >= 11 is 0. The maximum atomic E-state index is 12.2. The van der Waals surface area contributed by atoms with Gasteiger partial charge >= 0.3 is 6.03 Å². The number of urea groups is 1. The van der Waals surface area contributed by atoms with Crippen molar-refractivity contribution in [3.63, 3.8) is 0 Å². The molecule has 2 aliphatic heterocycles. The molecular formula is C16H24N4O. The van der Waals surface area contributed by atoms with E-state index in [1.807, 2.05) is 36.1 Å². The molecule has 1 aromatic carbocycles. The number of hydrogen-bond acceptors (Lipinski definition) is 3.